The van der Waals surface area contributed by atoms with Gasteiger partial charge >= 0.3 is 5.97 Å². The Morgan fingerprint density at radius 1 is 1.52 bits per heavy atom. The summed E-state index contributed by atoms with van der Waals surface area (Å²) in [5.74, 6) is -1.55. The topological polar surface area (TPSA) is 136 Å². The molecule has 1 amide bonds. The predicted octanol–water partition coefficient (Wildman–Crippen LogP) is -0.119. The van der Waals surface area contributed by atoms with Crippen LogP contribution in [0.25, 0.3) is 0 Å². The molecule has 0 bridgehead atoms. The standard InChI is InChI=1S/C11H14N6O3S/c1-6-5-21-11(13-6)14-8(18)4-17-7(2-3-12)9(10(19)20)15-16-17/h5H,2-4,12H2,1H3,(H,19,20)(H,13,14,18). The van der Waals surface area contributed by atoms with Crippen molar-refractivity contribution in [1.82, 2.24) is 20.0 Å². The second kappa shape index (κ2) is 6.41. The van der Waals surface area contributed by atoms with E-state index in [0.717, 1.165) is 5.69 Å². The van der Waals surface area contributed by atoms with E-state index in [2.05, 4.69) is 20.6 Å². The van der Waals surface area contributed by atoms with Crippen molar-refractivity contribution in [3.05, 3.63) is 22.5 Å². The van der Waals surface area contributed by atoms with Gasteiger partial charge in [0.25, 0.3) is 0 Å². The van der Waals surface area contributed by atoms with Crippen LogP contribution < -0.4 is 11.1 Å². The summed E-state index contributed by atoms with van der Waals surface area (Å²) in [6, 6.07) is 0. The van der Waals surface area contributed by atoms with Crippen LogP contribution in [0.5, 0.6) is 0 Å². The Morgan fingerprint density at radius 3 is 2.86 bits per heavy atom. The molecule has 21 heavy (non-hydrogen) atoms. The van der Waals surface area contributed by atoms with Crippen molar-refractivity contribution in [3.8, 4) is 0 Å². The number of amides is 1. The quantitative estimate of drug-likeness (QED) is 0.676. The molecule has 2 heterocycles. The molecule has 4 N–H and O–H groups in total. The summed E-state index contributed by atoms with van der Waals surface area (Å²) in [4.78, 5) is 27.1. The molecule has 0 radical (unpaired) electrons. The zero-order valence-electron chi connectivity index (χ0n) is 11.2. The van der Waals surface area contributed by atoms with Gasteiger partial charge in [-0.15, -0.1) is 16.4 Å². The number of nitrogens with one attached hydrogen (secondary N) is 1. The SMILES string of the molecule is Cc1csc(NC(=O)Cn2nnc(C(=O)O)c2CCN)n1. The van der Waals surface area contributed by atoms with Gasteiger partial charge in [-0.25, -0.2) is 14.5 Å². The zero-order chi connectivity index (χ0) is 15.4. The first kappa shape index (κ1) is 15.1. The van der Waals surface area contributed by atoms with Gasteiger partial charge in [0.1, 0.15) is 6.54 Å². The van der Waals surface area contributed by atoms with Crippen LogP contribution in [0.4, 0.5) is 5.13 Å². The second-order valence-corrected chi connectivity index (χ2v) is 5.09. The minimum atomic E-state index is -1.19. The number of nitrogens with zero attached hydrogens (tertiary/aromatic N) is 4. The molecule has 112 valence electrons. The van der Waals surface area contributed by atoms with E-state index < -0.39 is 5.97 Å². The van der Waals surface area contributed by atoms with Crippen molar-refractivity contribution in [1.29, 1.82) is 0 Å². The molecular formula is C11H14N6O3S. The average Bonchev–Trinajstić information content (AvgIpc) is 2.97. The summed E-state index contributed by atoms with van der Waals surface area (Å²) in [6.07, 6.45) is 0.276. The van der Waals surface area contributed by atoms with E-state index in [0.29, 0.717) is 10.8 Å². The lowest BCUT2D eigenvalue weighted by molar-refractivity contribution is -0.117. The number of aromatic nitrogens is 4. The van der Waals surface area contributed by atoms with Crippen molar-refractivity contribution in [3.63, 3.8) is 0 Å². The molecule has 0 aromatic carbocycles. The van der Waals surface area contributed by atoms with Crippen molar-refractivity contribution < 1.29 is 14.7 Å². The number of carbonyl (C=O) groups is 2. The van der Waals surface area contributed by atoms with E-state index in [4.69, 9.17) is 10.8 Å². The largest absolute Gasteiger partial charge is 0.476 e. The van der Waals surface area contributed by atoms with Crippen molar-refractivity contribution in [2.75, 3.05) is 11.9 Å². The van der Waals surface area contributed by atoms with Crippen LogP contribution in [-0.4, -0.2) is 43.5 Å². The highest BCUT2D eigenvalue weighted by molar-refractivity contribution is 7.13. The summed E-state index contributed by atoms with van der Waals surface area (Å²) in [5, 5.41) is 21.2. The number of hydrogen-bond acceptors (Lipinski definition) is 7. The molecule has 2 aromatic rings. The maximum Gasteiger partial charge on any atom is 0.358 e. The summed E-state index contributed by atoms with van der Waals surface area (Å²) in [5.41, 5.74) is 6.40. The second-order valence-electron chi connectivity index (χ2n) is 4.23. The molecule has 0 unspecified atom stereocenters. The van der Waals surface area contributed by atoms with Crippen molar-refractivity contribution in [2.45, 2.75) is 19.9 Å². The molecule has 10 heteroatoms. The third-order valence-corrected chi connectivity index (χ3v) is 3.46. The number of carbonyl (C=O) groups excluding carboxylic acids is 1. The highest BCUT2D eigenvalue weighted by atomic mass is 32.1. The van der Waals surface area contributed by atoms with Crippen LogP contribution in [0.2, 0.25) is 0 Å². The Labute approximate surface area is 123 Å². The van der Waals surface area contributed by atoms with Gasteiger partial charge in [-0.1, -0.05) is 5.21 Å². The highest BCUT2D eigenvalue weighted by Crippen LogP contribution is 2.14. The maximum absolute atomic E-state index is 11.9. The smallest absolute Gasteiger partial charge is 0.358 e. The number of anilines is 1. The van der Waals surface area contributed by atoms with Crippen LogP contribution in [0.15, 0.2) is 5.38 Å². The molecule has 0 fully saturated rings. The molecule has 0 spiro atoms. The van der Waals surface area contributed by atoms with Crippen LogP contribution >= 0.6 is 11.3 Å². The fourth-order valence-electron chi connectivity index (χ4n) is 1.72. The average molecular weight is 310 g/mol. The third-order valence-electron chi connectivity index (χ3n) is 2.58. The first-order chi connectivity index (χ1) is 10.0. The summed E-state index contributed by atoms with van der Waals surface area (Å²) >= 11 is 1.31. The van der Waals surface area contributed by atoms with Crippen molar-refractivity contribution in [2.24, 2.45) is 5.73 Å². The molecule has 0 aliphatic heterocycles. The fourth-order valence-corrected chi connectivity index (χ4v) is 2.42. The molecular weight excluding hydrogens is 296 g/mol. The number of aryl methyl sites for hydroxylation is 1. The zero-order valence-corrected chi connectivity index (χ0v) is 12.1. The lowest BCUT2D eigenvalue weighted by atomic mass is 10.2. The summed E-state index contributed by atoms with van der Waals surface area (Å²) in [7, 11) is 0. The Morgan fingerprint density at radius 2 is 2.29 bits per heavy atom. The van der Waals surface area contributed by atoms with Gasteiger partial charge in [0.2, 0.25) is 5.91 Å². The Balaban J connectivity index is 2.11. The minimum Gasteiger partial charge on any atom is -0.476 e. The van der Waals surface area contributed by atoms with E-state index in [1.165, 1.54) is 16.0 Å². The number of thiazole rings is 1. The molecule has 0 aliphatic rings. The van der Waals surface area contributed by atoms with Crippen LogP contribution in [0.1, 0.15) is 21.9 Å². The van der Waals surface area contributed by atoms with Crippen LogP contribution in [0, 0.1) is 6.92 Å². The van der Waals surface area contributed by atoms with Gasteiger partial charge in [-0.2, -0.15) is 0 Å². The van der Waals surface area contributed by atoms with E-state index in [-0.39, 0.29) is 31.1 Å². The molecule has 0 saturated carbocycles. The number of aromatic carboxylic acids is 1. The van der Waals surface area contributed by atoms with Crippen molar-refractivity contribution >= 4 is 28.3 Å². The molecule has 0 aliphatic carbocycles. The predicted molar refractivity (Wildman–Crippen MR) is 75.2 cm³/mol. The Bertz CT molecular complexity index is 665. The molecule has 2 rings (SSSR count). The van der Waals surface area contributed by atoms with Gasteiger partial charge in [-0.05, 0) is 13.5 Å². The van der Waals surface area contributed by atoms with E-state index in [1.54, 1.807) is 0 Å². The third kappa shape index (κ3) is 3.61. The van der Waals surface area contributed by atoms with Crippen LogP contribution in [0.3, 0.4) is 0 Å². The molecule has 2 aromatic heterocycles. The minimum absolute atomic E-state index is 0.145. The maximum atomic E-state index is 11.9. The molecule has 0 atom stereocenters. The van der Waals surface area contributed by atoms with Gasteiger partial charge in [0.15, 0.2) is 10.8 Å². The number of hydrogen-bond donors (Lipinski definition) is 3. The number of carboxylic acids is 1. The Kier molecular flexibility index (Phi) is 4.60. The number of nitrogens with two attached hydrogens (primary N) is 1. The summed E-state index contributed by atoms with van der Waals surface area (Å²) < 4.78 is 1.24. The first-order valence-corrected chi connectivity index (χ1v) is 6.97. The summed E-state index contributed by atoms with van der Waals surface area (Å²) in [6.45, 7) is 1.91. The van der Waals surface area contributed by atoms with Gasteiger partial charge in [-0.3, -0.25) is 4.79 Å². The van der Waals surface area contributed by atoms with Gasteiger partial charge < -0.3 is 16.2 Å². The Hall–Kier alpha value is -2.33. The van der Waals surface area contributed by atoms with Gasteiger partial charge in [0.05, 0.1) is 11.4 Å². The monoisotopic (exact) mass is 310 g/mol. The van der Waals surface area contributed by atoms with E-state index in [9.17, 15) is 9.59 Å². The van der Waals surface area contributed by atoms with Crippen LogP contribution in [-0.2, 0) is 17.8 Å². The van der Waals surface area contributed by atoms with E-state index >= 15 is 0 Å². The molecule has 9 nitrogen and oxygen atoms in total. The first-order valence-electron chi connectivity index (χ1n) is 6.09. The number of rotatable bonds is 6. The fraction of sp³-hybridized carbons (Fsp3) is 0.364. The normalized spacial score (nSPS) is 10.6. The highest BCUT2D eigenvalue weighted by Gasteiger charge is 2.19. The molecule has 0 saturated heterocycles. The lowest BCUT2D eigenvalue weighted by Gasteiger charge is -2.05. The lowest BCUT2D eigenvalue weighted by Crippen LogP contribution is -2.22. The number of carboxylic acid groups (broad SMARTS) is 1. The van der Waals surface area contributed by atoms with Gasteiger partial charge in [0, 0.05) is 11.8 Å². The van der Waals surface area contributed by atoms with E-state index in [1.807, 2.05) is 12.3 Å².